The summed E-state index contributed by atoms with van der Waals surface area (Å²) in [6.07, 6.45) is 0. The first-order valence-corrected chi connectivity index (χ1v) is 8.05. The van der Waals surface area contributed by atoms with Crippen LogP contribution in [0.3, 0.4) is 0 Å². The Bertz CT molecular complexity index is 682. The molecule has 0 aliphatic rings. The summed E-state index contributed by atoms with van der Waals surface area (Å²) in [6, 6.07) is 9.69. The molecule has 0 saturated carbocycles. The van der Waals surface area contributed by atoms with E-state index in [-0.39, 0.29) is 5.91 Å². The van der Waals surface area contributed by atoms with Gasteiger partial charge in [-0.25, -0.2) is 0 Å². The first-order valence-electron chi connectivity index (χ1n) is 6.37. The Kier molecular flexibility index (Phi) is 5.57. The number of thiophene rings is 1. The third-order valence-electron chi connectivity index (χ3n) is 2.87. The summed E-state index contributed by atoms with van der Waals surface area (Å²) in [7, 11) is 1.80. The van der Waals surface area contributed by atoms with Crippen LogP contribution in [0.2, 0.25) is 0 Å². The number of rotatable bonds is 3. The van der Waals surface area contributed by atoms with Gasteiger partial charge in [-0.2, -0.15) is 0 Å². The molecular formula is C16H15BrN2OS. The average Bonchev–Trinajstić information content (AvgIpc) is 2.92. The van der Waals surface area contributed by atoms with Gasteiger partial charge >= 0.3 is 0 Å². The summed E-state index contributed by atoms with van der Waals surface area (Å²) in [5.41, 5.74) is 8.05. The molecule has 5 heteroatoms. The summed E-state index contributed by atoms with van der Waals surface area (Å²) >= 11 is 4.88. The summed E-state index contributed by atoms with van der Waals surface area (Å²) in [5.74, 6) is 5.81. The maximum atomic E-state index is 12.2. The molecule has 2 N–H and O–H groups in total. The molecule has 0 spiro atoms. The number of benzene rings is 1. The summed E-state index contributed by atoms with van der Waals surface area (Å²) in [4.78, 5) is 13.9. The topological polar surface area (TPSA) is 46.3 Å². The van der Waals surface area contributed by atoms with E-state index in [4.69, 9.17) is 5.73 Å². The highest BCUT2D eigenvalue weighted by molar-refractivity contribution is 9.11. The maximum absolute atomic E-state index is 12.2. The minimum atomic E-state index is 0.0175. The molecule has 1 amide bonds. The fourth-order valence-electron chi connectivity index (χ4n) is 1.83. The number of carbonyl (C=O) groups is 1. The van der Waals surface area contributed by atoms with Crippen LogP contribution in [0.1, 0.15) is 21.5 Å². The smallest absolute Gasteiger partial charge is 0.254 e. The van der Waals surface area contributed by atoms with Gasteiger partial charge in [0.1, 0.15) is 0 Å². The number of nitrogens with two attached hydrogens (primary N) is 1. The average molecular weight is 363 g/mol. The molecule has 1 heterocycles. The van der Waals surface area contributed by atoms with E-state index in [1.165, 1.54) is 11.3 Å². The lowest BCUT2D eigenvalue weighted by Crippen LogP contribution is -2.25. The summed E-state index contributed by atoms with van der Waals surface area (Å²) < 4.78 is 0.960. The van der Waals surface area contributed by atoms with Crippen LogP contribution in [0.5, 0.6) is 0 Å². The minimum Gasteiger partial charge on any atom is -0.337 e. The van der Waals surface area contributed by atoms with Crippen molar-refractivity contribution in [1.29, 1.82) is 0 Å². The van der Waals surface area contributed by atoms with Crippen LogP contribution in [0, 0.1) is 11.8 Å². The molecule has 0 atom stereocenters. The van der Waals surface area contributed by atoms with Gasteiger partial charge in [-0.15, -0.1) is 11.3 Å². The van der Waals surface area contributed by atoms with Crippen LogP contribution in [0.4, 0.5) is 0 Å². The number of hydrogen-bond donors (Lipinski definition) is 1. The van der Waals surface area contributed by atoms with Gasteiger partial charge < -0.3 is 10.6 Å². The van der Waals surface area contributed by atoms with E-state index in [2.05, 4.69) is 27.8 Å². The highest BCUT2D eigenvalue weighted by Crippen LogP contribution is 2.22. The van der Waals surface area contributed by atoms with Gasteiger partial charge in [0.05, 0.1) is 15.9 Å². The van der Waals surface area contributed by atoms with Crippen molar-refractivity contribution in [3.05, 3.63) is 56.2 Å². The summed E-state index contributed by atoms with van der Waals surface area (Å²) in [5, 5.41) is 1.86. The van der Waals surface area contributed by atoms with Crippen molar-refractivity contribution in [2.45, 2.75) is 6.54 Å². The zero-order valence-electron chi connectivity index (χ0n) is 11.6. The molecule has 0 bridgehead atoms. The van der Waals surface area contributed by atoms with E-state index in [0.29, 0.717) is 18.7 Å². The molecular weight excluding hydrogens is 348 g/mol. The third kappa shape index (κ3) is 4.43. The Morgan fingerprint density at radius 1 is 1.38 bits per heavy atom. The molecule has 2 rings (SSSR count). The van der Waals surface area contributed by atoms with Gasteiger partial charge in [0.2, 0.25) is 0 Å². The zero-order chi connectivity index (χ0) is 15.2. The van der Waals surface area contributed by atoms with Crippen molar-refractivity contribution >= 4 is 33.2 Å². The van der Waals surface area contributed by atoms with Gasteiger partial charge in [-0.1, -0.05) is 24.0 Å². The highest BCUT2D eigenvalue weighted by Gasteiger charge is 2.13. The number of nitrogens with zero attached hydrogens (tertiary/aromatic N) is 1. The molecule has 1 aromatic carbocycles. The Morgan fingerprint density at radius 3 is 2.67 bits per heavy atom. The molecule has 0 saturated heterocycles. The molecule has 0 radical (unpaired) electrons. The summed E-state index contributed by atoms with van der Waals surface area (Å²) in [6.45, 7) is 0.923. The van der Waals surface area contributed by atoms with Gasteiger partial charge in [0, 0.05) is 24.5 Å². The predicted molar refractivity (Wildman–Crippen MR) is 90.2 cm³/mol. The van der Waals surface area contributed by atoms with Crippen LogP contribution in [0.25, 0.3) is 0 Å². The van der Waals surface area contributed by atoms with Crippen LogP contribution in [0.15, 0.2) is 39.5 Å². The predicted octanol–water partition coefficient (Wildman–Crippen LogP) is 3.09. The van der Waals surface area contributed by atoms with Crippen LogP contribution < -0.4 is 5.73 Å². The Labute approximate surface area is 136 Å². The normalized spacial score (nSPS) is 9.86. The quantitative estimate of drug-likeness (QED) is 0.852. The standard InChI is InChI=1S/C16H15BrN2OS/c1-19(16(20)14-9-15(17)21-11-14)10-13-6-4-12(5-7-13)3-2-8-18/h4-7,9,11H,8,10,18H2,1H3. The van der Waals surface area contributed by atoms with Crippen molar-refractivity contribution in [2.75, 3.05) is 13.6 Å². The Balaban J connectivity index is 2.02. The fourth-order valence-corrected chi connectivity index (χ4v) is 2.97. The van der Waals surface area contributed by atoms with Crippen molar-refractivity contribution in [2.24, 2.45) is 5.73 Å². The highest BCUT2D eigenvalue weighted by atomic mass is 79.9. The molecule has 108 valence electrons. The molecule has 0 unspecified atom stereocenters. The second-order valence-corrected chi connectivity index (χ2v) is 6.79. The van der Waals surface area contributed by atoms with Gasteiger partial charge in [0.15, 0.2) is 0 Å². The van der Waals surface area contributed by atoms with Crippen molar-refractivity contribution in [3.63, 3.8) is 0 Å². The van der Waals surface area contributed by atoms with Crippen LogP contribution >= 0.6 is 27.3 Å². The molecule has 2 aromatic rings. The molecule has 1 aromatic heterocycles. The number of hydrogen-bond acceptors (Lipinski definition) is 3. The van der Waals surface area contributed by atoms with E-state index in [0.717, 1.165) is 14.9 Å². The van der Waals surface area contributed by atoms with E-state index >= 15 is 0 Å². The zero-order valence-corrected chi connectivity index (χ0v) is 14.0. The first-order chi connectivity index (χ1) is 10.1. The molecule has 3 nitrogen and oxygen atoms in total. The van der Waals surface area contributed by atoms with E-state index in [1.807, 2.05) is 35.7 Å². The second-order valence-electron chi connectivity index (χ2n) is 4.50. The maximum Gasteiger partial charge on any atom is 0.254 e. The third-order valence-corrected chi connectivity index (χ3v) is 4.37. The SMILES string of the molecule is CN(Cc1ccc(C#CCN)cc1)C(=O)c1csc(Br)c1. The van der Waals surface area contributed by atoms with Gasteiger partial charge in [-0.3, -0.25) is 4.79 Å². The molecule has 0 aliphatic carbocycles. The second kappa shape index (κ2) is 7.41. The van der Waals surface area contributed by atoms with Gasteiger partial charge in [-0.05, 0) is 39.7 Å². The van der Waals surface area contributed by atoms with Crippen LogP contribution in [-0.2, 0) is 6.54 Å². The number of carbonyl (C=O) groups excluding carboxylic acids is 1. The molecule has 21 heavy (non-hydrogen) atoms. The minimum absolute atomic E-state index is 0.0175. The largest absolute Gasteiger partial charge is 0.337 e. The van der Waals surface area contributed by atoms with Crippen LogP contribution in [-0.4, -0.2) is 24.4 Å². The molecule has 0 fully saturated rings. The number of amides is 1. The van der Waals surface area contributed by atoms with E-state index in [1.54, 1.807) is 11.9 Å². The van der Waals surface area contributed by atoms with Crippen molar-refractivity contribution < 1.29 is 4.79 Å². The lowest BCUT2D eigenvalue weighted by molar-refractivity contribution is 0.0785. The first kappa shape index (κ1) is 15.8. The fraction of sp³-hybridized carbons (Fsp3) is 0.188. The molecule has 0 aliphatic heterocycles. The monoisotopic (exact) mass is 362 g/mol. The van der Waals surface area contributed by atoms with Crippen molar-refractivity contribution in [1.82, 2.24) is 4.90 Å². The van der Waals surface area contributed by atoms with Crippen molar-refractivity contribution in [3.8, 4) is 11.8 Å². The Morgan fingerprint density at radius 2 is 2.10 bits per heavy atom. The van der Waals surface area contributed by atoms with E-state index in [9.17, 15) is 4.79 Å². The Hall–Kier alpha value is -1.61. The van der Waals surface area contributed by atoms with E-state index < -0.39 is 0 Å². The van der Waals surface area contributed by atoms with Gasteiger partial charge in [0.25, 0.3) is 5.91 Å². The lowest BCUT2D eigenvalue weighted by Gasteiger charge is -2.16. The lowest BCUT2D eigenvalue weighted by atomic mass is 10.1. The number of halogens is 1.